The molecule has 154 valence electrons. The molecule has 1 aromatic heterocycles. The Labute approximate surface area is 180 Å². The number of nitrogens with one attached hydrogen (secondary N) is 1. The number of H-pyrrole nitrogens is 1. The van der Waals surface area contributed by atoms with E-state index in [1.54, 1.807) is 7.11 Å². The van der Waals surface area contributed by atoms with Crippen molar-refractivity contribution in [2.75, 3.05) is 13.7 Å². The van der Waals surface area contributed by atoms with Crippen LogP contribution in [0.5, 0.6) is 5.75 Å². The number of methoxy groups -OCH3 is 1. The molecular weight excluding hydrogens is 388 g/mol. The van der Waals surface area contributed by atoms with Crippen molar-refractivity contribution in [2.45, 2.75) is 12.8 Å². The lowest BCUT2D eigenvalue weighted by molar-refractivity contribution is -0.481. The zero-order valence-electron chi connectivity index (χ0n) is 17.4. The van der Waals surface area contributed by atoms with Crippen molar-refractivity contribution in [3.05, 3.63) is 110 Å². The van der Waals surface area contributed by atoms with Crippen molar-refractivity contribution in [3.8, 4) is 5.75 Å². The number of nitro groups is 1. The molecule has 0 aliphatic heterocycles. The number of aryl methyl sites for hydroxylation is 1. The van der Waals surface area contributed by atoms with E-state index in [2.05, 4.69) is 29.3 Å². The van der Waals surface area contributed by atoms with Crippen molar-refractivity contribution >= 4 is 22.6 Å². The smallest absolute Gasteiger partial charge is 0.214 e. The number of hydrogen-bond donors (Lipinski definition) is 1. The first kappa shape index (κ1) is 19.1. The van der Waals surface area contributed by atoms with Crippen LogP contribution in [0.25, 0.3) is 22.6 Å². The molecule has 0 fully saturated rings. The summed E-state index contributed by atoms with van der Waals surface area (Å²) in [5.41, 5.74) is 8.03. The maximum absolute atomic E-state index is 11.8. The van der Waals surface area contributed by atoms with Crippen molar-refractivity contribution in [2.24, 2.45) is 0 Å². The van der Waals surface area contributed by atoms with Crippen molar-refractivity contribution in [1.29, 1.82) is 0 Å². The third kappa shape index (κ3) is 3.28. The molecule has 3 aromatic carbocycles. The summed E-state index contributed by atoms with van der Waals surface area (Å²) in [7, 11) is 1.63. The second-order valence-corrected chi connectivity index (χ2v) is 7.95. The summed E-state index contributed by atoms with van der Waals surface area (Å²) < 4.78 is 5.46. The monoisotopic (exact) mass is 410 g/mol. The highest BCUT2D eigenvalue weighted by Crippen LogP contribution is 2.44. The van der Waals surface area contributed by atoms with Gasteiger partial charge >= 0.3 is 0 Å². The molecule has 4 aromatic rings. The summed E-state index contributed by atoms with van der Waals surface area (Å²) >= 11 is 0. The fraction of sp³-hybridized carbons (Fsp3) is 0.154. The molecule has 1 atom stereocenters. The maximum atomic E-state index is 11.8. The number of aromatic amines is 1. The number of benzene rings is 3. The Hall–Kier alpha value is -3.86. The fourth-order valence-corrected chi connectivity index (χ4v) is 4.60. The molecule has 5 rings (SSSR count). The topological polar surface area (TPSA) is 68.2 Å². The Kier molecular flexibility index (Phi) is 4.59. The summed E-state index contributed by atoms with van der Waals surface area (Å²) in [4.78, 5) is 15.1. The van der Waals surface area contributed by atoms with Gasteiger partial charge in [0.15, 0.2) is 0 Å². The summed E-state index contributed by atoms with van der Waals surface area (Å²) in [5.74, 6) is 0.353. The van der Waals surface area contributed by atoms with Gasteiger partial charge in [0.2, 0.25) is 6.54 Å². The molecule has 0 spiro atoms. The van der Waals surface area contributed by atoms with Crippen LogP contribution in [0, 0.1) is 17.0 Å². The first-order chi connectivity index (χ1) is 15.0. The summed E-state index contributed by atoms with van der Waals surface area (Å²) in [6.07, 6.45) is 2.16. The van der Waals surface area contributed by atoms with Crippen molar-refractivity contribution in [1.82, 2.24) is 4.98 Å². The van der Waals surface area contributed by atoms with Gasteiger partial charge < -0.3 is 9.72 Å². The van der Waals surface area contributed by atoms with Gasteiger partial charge in [0.25, 0.3) is 0 Å². The Balaban J connectivity index is 1.89. The van der Waals surface area contributed by atoms with Gasteiger partial charge in [-0.15, -0.1) is 0 Å². The molecule has 1 N–H and O–H groups in total. The number of nitrogens with zero attached hydrogens (tertiary/aromatic N) is 1. The molecule has 31 heavy (non-hydrogen) atoms. The summed E-state index contributed by atoms with van der Waals surface area (Å²) in [6.45, 7) is 1.87. The Morgan fingerprint density at radius 1 is 1.06 bits per heavy atom. The van der Waals surface area contributed by atoms with Crippen LogP contribution < -0.4 is 4.74 Å². The quantitative estimate of drug-likeness (QED) is 0.342. The third-order valence-corrected chi connectivity index (χ3v) is 6.00. The van der Waals surface area contributed by atoms with Crippen LogP contribution in [-0.4, -0.2) is 23.6 Å². The van der Waals surface area contributed by atoms with Crippen LogP contribution in [0.15, 0.2) is 66.7 Å². The van der Waals surface area contributed by atoms with E-state index in [1.165, 1.54) is 0 Å². The highest BCUT2D eigenvalue weighted by atomic mass is 16.6. The largest absolute Gasteiger partial charge is 0.497 e. The highest BCUT2D eigenvalue weighted by molar-refractivity contribution is 6.00. The number of fused-ring (bicyclic) bond motifs is 4. The van der Waals surface area contributed by atoms with Crippen LogP contribution >= 0.6 is 0 Å². The van der Waals surface area contributed by atoms with Gasteiger partial charge in [-0.3, -0.25) is 10.1 Å². The van der Waals surface area contributed by atoms with E-state index in [9.17, 15) is 10.1 Å². The molecule has 0 amide bonds. The van der Waals surface area contributed by atoms with Gasteiger partial charge in [0, 0.05) is 21.4 Å². The average molecular weight is 410 g/mol. The van der Waals surface area contributed by atoms with Gasteiger partial charge in [-0.2, -0.15) is 0 Å². The predicted molar refractivity (Wildman–Crippen MR) is 123 cm³/mol. The molecule has 5 nitrogen and oxygen atoms in total. The molecule has 5 heteroatoms. The SMILES string of the molecule is COc1ccc2[nH]c3c(c2c1)C(C[N+](=O)[O-])c1ccc(C)cc1C=C3c1ccccc1. The molecule has 1 aliphatic rings. The number of hydrogen-bond acceptors (Lipinski definition) is 3. The number of rotatable bonds is 4. The number of ether oxygens (including phenoxy) is 1. The van der Waals surface area contributed by atoms with E-state index < -0.39 is 0 Å². The van der Waals surface area contributed by atoms with Crippen LogP contribution in [0.2, 0.25) is 0 Å². The lowest BCUT2D eigenvalue weighted by atomic mass is 9.87. The van der Waals surface area contributed by atoms with E-state index >= 15 is 0 Å². The Morgan fingerprint density at radius 2 is 1.87 bits per heavy atom. The molecule has 0 radical (unpaired) electrons. The molecular formula is C26H22N2O3. The summed E-state index contributed by atoms with van der Waals surface area (Å²) in [5, 5.41) is 12.7. The van der Waals surface area contributed by atoms with Crippen LogP contribution in [-0.2, 0) is 0 Å². The Bertz CT molecular complexity index is 1340. The predicted octanol–water partition coefficient (Wildman–Crippen LogP) is 5.80. The van der Waals surface area contributed by atoms with Gasteiger partial charge in [-0.05, 0) is 53.5 Å². The standard InChI is InChI=1S/C26H22N2O3/c1-16-8-10-20-18(12-16)13-21(17-6-4-3-5-7-17)26-25(23(20)15-28(29)30)22-14-19(31-2)9-11-24(22)27-26/h3-14,23,27H,15H2,1-2H3. The lowest BCUT2D eigenvalue weighted by Gasteiger charge is -2.16. The fourth-order valence-electron chi connectivity index (χ4n) is 4.60. The molecule has 1 heterocycles. The van der Waals surface area contributed by atoms with Gasteiger partial charge in [-0.25, -0.2) is 0 Å². The zero-order chi connectivity index (χ0) is 21.5. The van der Waals surface area contributed by atoms with E-state index in [1.807, 2.05) is 55.5 Å². The van der Waals surface area contributed by atoms with Crippen LogP contribution in [0.1, 0.15) is 39.4 Å². The van der Waals surface area contributed by atoms with Crippen molar-refractivity contribution < 1.29 is 9.66 Å². The third-order valence-electron chi connectivity index (χ3n) is 6.00. The van der Waals surface area contributed by atoms with Crippen molar-refractivity contribution in [3.63, 3.8) is 0 Å². The highest BCUT2D eigenvalue weighted by Gasteiger charge is 2.32. The van der Waals surface area contributed by atoms with Gasteiger partial charge in [-0.1, -0.05) is 54.1 Å². The first-order valence-corrected chi connectivity index (χ1v) is 10.2. The minimum absolute atomic E-state index is 0.177. The number of aromatic nitrogens is 1. The Morgan fingerprint density at radius 3 is 2.61 bits per heavy atom. The van der Waals surface area contributed by atoms with E-state index in [-0.39, 0.29) is 17.4 Å². The average Bonchev–Trinajstić information content (AvgIpc) is 3.09. The van der Waals surface area contributed by atoms with Gasteiger partial charge in [0.1, 0.15) is 5.75 Å². The van der Waals surface area contributed by atoms with E-state index in [4.69, 9.17) is 4.74 Å². The van der Waals surface area contributed by atoms with E-state index in [0.29, 0.717) is 0 Å². The summed E-state index contributed by atoms with van der Waals surface area (Å²) in [6, 6.07) is 22.2. The maximum Gasteiger partial charge on any atom is 0.214 e. The molecule has 0 saturated heterocycles. The van der Waals surface area contributed by atoms with Crippen LogP contribution in [0.3, 0.4) is 0 Å². The van der Waals surface area contributed by atoms with Crippen LogP contribution in [0.4, 0.5) is 0 Å². The first-order valence-electron chi connectivity index (χ1n) is 10.2. The molecule has 0 bridgehead atoms. The minimum atomic E-state index is -0.376. The lowest BCUT2D eigenvalue weighted by Crippen LogP contribution is -2.15. The molecule has 1 unspecified atom stereocenters. The molecule has 1 aliphatic carbocycles. The zero-order valence-corrected chi connectivity index (χ0v) is 17.4. The minimum Gasteiger partial charge on any atom is -0.497 e. The second kappa shape index (κ2) is 7.43. The molecule has 0 saturated carbocycles. The van der Waals surface area contributed by atoms with E-state index in [0.717, 1.165) is 55.7 Å². The second-order valence-electron chi connectivity index (χ2n) is 7.95. The van der Waals surface area contributed by atoms with Gasteiger partial charge in [0.05, 0.1) is 18.7 Å². The normalized spacial score (nSPS) is 15.0.